The van der Waals surface area contributed by atoms with Gasteiger partial charge in [0, 0.05) is 17.4 Å². The maximum atomic E-state index is 15.0. The quantitative estimate of drug-likeness (QED) is 0.457. The van der Waals surface area contributed by atoms with Crippen LogP contribution in [0.3, 0.4) is 0 Å². The average Bonchev–Trinajstić information content (AvgIpc) is 2.96. The third-order valence-electron chi connectivity index (χ3n) is 5.10. The first-order chi connectivity index (χ1) is 15.4. The van der Waals surface area contributed by atoms with Crippen LogP contribution in [-0.4, -0.2) is 45.3 Å². The Labute approximate surface area is 187 Å². The van der Waals surface area contributed by atoms with Crippen molar-refractivity contribution < 1.29 is 45.4 Å². The molecule has 4 rings (SSSR count). The maximum absolute atomic E-state index is 15.0. The Kier molecular flexibility index (Phi) is 6.00. The number of halogens is 5. The number of benzene rings is 1. The molecule has 4 atom stereocenters. The maximum Gasteiger partial charge on any atom is 0.381 e. The molecule has 0 spiro atoms. The lowest BCUT2D eigenvalue weighted by Crippen LogP contribution is -2.57. The fraction of sp³-hybridized carbons (Fsp3) is 0.412. The second kappa shape index (κ2) is 8.25. The summed E-state index contributed by atoms with van der Waals surface area (Å²) < 4.78 is 92.4. The zero-order valence-corrected chi connectivity index (χ0v) is 17.9. The molecule has 0 saturated carbocycles. The van der Waals surface area contributed by atoms with Crippen molar-refractivity contribution >= 4 is 24.3 Å². The highest BCUT2D eigenvalue weighted by molar-refractivity contribution is 8.07. The van der Waals surface area contributed by atoms with E-state index in [2.05, 4.69) is 4.98 Å². The molecule has 1 saturated heterocycles. The molecule has 9 nitrogen and oxygen atoms in total. The van der Waals surface area contributed by atoms with Crippen LogP contribution in [0.15, 0.2) is 35.3 Å². The molecule has 2 aromatic rings. The summed E-state index contributed by atoms with van der Waals surface area (Å²) in [6.07, 6.45) is -9.09. The smallest absolute Gasteiger partial charge is 0.381 e. The molecule has 1 fully saturated rings. The van der Waals surface area contributed by atoms with Gasteiger partial charge in [0.15, 0.2) is 24.0 Å². The molecular weight excluding hydrogens is 500 g/mol. The van der Waals surface area contributed by atoms with Crippen LogP contribution in [0.2, 0.25) is 0 Å². The van der Waals surface area contributed by atoms with Gasteiger partial charge < -0.3 is 20.1 Å². The van der Waals surface area contributed by atoms with E-state index >= 15 is 0 Å². The largest absolute Gasteiger partial charge is 0.424 e. The van der Waals surface area contributed by atoms with E-state index in [1.54, 1.807) is 18.2 Å². The first kappa shape index (κ1) is 24.0. The topological polar surface area (TPSA) is 118 Å². The van der Waals surface area contributed by atoms with Gasteiger partial charge in [0.1, 0.15) is 5.75 Å². The first-order valence-corrected chi connectivity index (χ1v) is 11.7. The van der Waals surface area contributed by atoms with E-state index < -0.39 is 60.9 Å². The molecule has 0 aliphatic carbocycles. The minimum absolute atomic E-state index is 0.0941. The Morgan fingerprint density at radius 3 is 2.79 bits per heavy atom. The third kappa shape index (κ3) is 3.92. The van der Waals surface area contributed by atoms with Crippen molar-refractivity contribution in [2.75, 3.05) is 12.3 Å². The lowest BCUT2D eigenvalue weighted by molar-refractivity contribution is -0.242. The summed E-state index contributed by atoms with van der Waals surface area (Å²) in [5, 5.41) is 10.1. The van der Waals surface area contributed by atoms with E-state index in [1.807, 2.05) is 0 Å². The van der Waals surface area contributed by atoms with Crippen molar-refractivity contribution in [3.8, 4) is 5.75 Å². The standard InChI is InChI=1S/C17H15F5N3O6PS/c18-9-5-25(15(27)24-12(9)23)13-11(26)17(21,22)16(30-13,14(19)20)7-29-32(33)28-6-8-3-1-2-4-10(8)31-32/h1-5,11,13-14,26H,6-7H2,(H2,23,24,27)/t11-,13+,16-,32?/m0/s1. The number of hydrogen-bond donors (Lipinski definition) is 2. The number of para-hydroxylation sites is 1. The molecule has 3 N–H and O–H groups in total. The second-order valence-electron chi connectivity index (χ2n) is 7.12. The molecule has 16 heteroatoms. The van der Waals surface area contributed by atoms with Crippen LogP contribution in [0.5, 0.6) is 5.75 Å². The number of ether oxygens (including phenoxy) is 1. The molecule has 0 radical (unpaired) electrons. The predicted octanol–water partition coefficient (Wildman–Crippen LogP) is 2.34. The van der Waals surface area contributed by atoms with Gasteiger partial charge in [-0.1, -0.05) is 18.2 Å². The van der Waals surface area contributed by atoms with Gasteiger partial charge in [0.05, 0.1) is 19.4 Å². The predicted molar refractivity (Wildman–Crippen MR) is 105 cm³/mol. The normalized spacial score (nSPS) is 30.8. The van der Waals surface area contributed by atoms with Gasteiger partial charge in [-0.15, -0.1) is 0 Å². The van der Waals surface area contributed by atoms with E-state index in [0.717, 1.165) is 0 Å². The number of anilines is 1. The Morgan fingerprint density at radius 2 is 2.09 bits per heavy atom. The van der Waals surface area contributed by atoms with E-state index in [9.17, 15) is 31.9 Å². The summed E-state index contributed by atoms with van der Waals surface area (Å²) in [4.78, 5) is 15.0. The van der Waals surface area contributed by atoms with Crippen molar-refractivity contribution in [3.05, 3.63) is 52.3 Å². The fourth-order valence-electron chi connectivity index (χ4n) is 3.27. The van der Waals surface area contributed by atoms with Gasteiger partial charge in [-0.05, 0) is 6.07 Å². The summed E-state index contributed by atoms with van der Waals surface area (Å²) in [5.74, 6) is -6.64. The Bertz CT molecular complexity index is 1190. The fourth-order valence-corrected chi connectivity index (χ4v) is 5.08. The molecule has 1 aromatic carbocycles. The molecule has 1 aromatic heterocycles. The van der Waals surface area contributed by atoms with E-state index in [1.165, 1.54) is 6.07 Å². The third-order valence-corrected chi connectivity index (χ3v) is 7.26. The Morgan fingerprint density at radius 1 is 1.39 bits per heavy atom. The molecule has 33 heavy (non-hydrogen) atoms. The zero-order chi connectivity index (χ0) is 24.2. The summed E-state index contributed by atoms with van der Waals surface area (Å²) in [6.45, 7) is -5.53. The van der Waals surface area contributed by atoms with Crippen LogP contribution in [0, 0.1) is 5.82 Å². The summed E-state index contributed by atoms with van der Waals surface area (Å²) >= 11 is 5.09. The Hall–Kier alpha value is -2.16. The van der Waals surface area contributed by atoms with Gasteiger partial charge in [-0.25, -0.2) is 18.0 Å². The Balaban J connectivity index is 1.65. The van der Waals surface area contributed by atoms with Gasteiger partial charge in [0.25, 0.3) is 6.43 Å². The van der Waals surface area contributed by atoms with Crippen LogP contribution in [0.1, 0.15) is 11.8 Å². The number of nitrogen functional groups attached to an aromatic ring is 1. The number of hydrogen-bond acceptors (Lipinski definition) is 9. The van der Waals surface area contributed by atoms with E-state index in [0.29, 0.717) is 11.8 Å². The number of alkyl halides is 4. The molecule has 2 aliphatic rings. The highest BCUT2D eigenvalue weighted by Gasteiger charge is 2.74. The summed E-state index contributed by atoms with van der Waals surface area (Å²) in [7, 11) is 0. The van der Waals surface area contributed by atoms with Crippen molar-refractivity contribution in [1.29, 1.82) is 0 Å². The van der Waals surface area contributed by atoms with Crippen LogP contribution >= 0.6 is 6.72 Å². The lowest BCUT2D eigenvalue weighted by atomic mass is 9.95. The number of aliphatic hydroxyl groups is 1. The summed E-state index contributed by atoms with van der Waals surface area (Å²) in [6, 6.07) is 6.41. The van der Waals surface area contributed by atoms with Gasteiger partial charge >= 0.3 is 18.3 Å². The molecule has 0 bridgehead atoms. The minimum atomic E-state index is -4.69. The SMILES string of the molecule is Nc1nc(=O)n([C@@H]2O[C@@](COP3(=S)OCc4ccccc4O3)(C(F)F)C(F)(F)[C@H]2O)cc1F. The molecule has 3 heterocycles. The number of nitrogens with zero attached hydrogens (tertiary/aromatic N) is 2. The number of aromatic nitrogens is 2. The number of fused-ring (bicyclic) bond motifs is 1. The average molecular weight is 515 g/mol. The monoisotopic (exact) mass is 515 g/mol. The van der Waals surface area contributed by atoms with Crippen molar-refractivity contribution in [3.63, 3.8) is 0 Å². The van der Waals surface area contributed by atoms with Crippen molar-refractivity contribution in [1.82, 2.24) is 9.55 Å². The number of rotatable bonds is 5. The molecule has 0 amide bonds. The molecular formula is C17H15F5N3O6PS. The highest BCUT2D eigenvalue weighted by Crippen LogP contribution is 2.58. The lowest BCUT2D eigenvalue weighted by Gasteiger charge is -2.35. The highest BCUT2D eigenvalue weighted by atomic mass is 32.5. The number of nitrogens with two attached hydrogens (primary N) is 1. The molecule has 180 valence electrons. The first-order valence-electron chi connectivity index (χ1n) is 9.13. The van der Waals surface area contributed by atoms with E-state index in [4.69, 9.17) is 35.8 Å². The van der Waals surface area contributed by atoms with Gasteiger partial charge in [-0.3, -0.25) is 13.6 Å². The number of aliphatic hydroxyl groups excluding tert-OH is 1. The minimum Gasteiger partial charge on any atom is -0.424 e. The zero-order valence-electron chi connectivity index (χ0n) is 16.2. The van der Waals surface area contributed by atoms with Crippen molar-refractivity contribution in [2.24, 2.45) is 0 Å². The van der Waals surface area contributed by atoms with Gasteiger partial charge in [-0.2, -0.15) is 13.8 Å². The molecule has 2 aliphatic heterocycles. The second-order valence-corrected chi connectivity index (χ2v) is 10.1. The van der Waals surface area contributed by atoms with Gasteiger partial charge in [0.2, 0.25) is 5.60 Å². The van der Waals surface area contributed by atoms with E-state index in [-0.39, 0.29) is 16.9 Å². The summed E-state index contributed by atoms with van der Waals surface area (Å²) in [5.41, 5.74) is 0.498. The van der Waals surface area contributed by atoms with Crippen LogP contribution in [0.4, 0.5) is 27.8 Å². The van der Waals surface area contributed by atoms with Crippen molar-refractivity contribution in [2.45, 2.75) is 36.9 Å². The molecule has 1 unspecified atom stereocenters. The van der Waals surface area contributed by atoms with Crippen LogP contribution < -0.4 is 15.9 Å². The van der Waals surface area contributed by atoms with Crippen LogP contribution in [0.25, 0.3) is 0 Å². The van der Waals surface area contributed by atoms with Crippen LogP contribution in [-0.2, 0) is 32.2 Å².